The number of rotatable bonds is 5. The lowest BCUT2D eigenvalue weighted by atomic mass is 10.0. The lowest BCUT2D eigenvalue weighted by Gasteiger charge is -2.31. The Kier molecular flexibility index (Phi) is 6.37. The molecule has 0 radical (unpaired) electrons. The van der Waals surface area contributed by atoms with Crippen LogP contribution in [0.2, 0.25) is 0 Å². The summed E-state index contributed by atoms with van der Waals surface area (Å²) in [6.45, 7) is 1.60. The molecule has 10 heteroatoms. The smallest absolute Gasteiger partial charge is 0.128 e. The van der Waals surface area contributed by atoms with Crippen LogP contribution in [0, 0.1) is 11.3 Å². The fourth-order valence-corrected chi connectivity index (χ4v) is 6.67. The first-order valence-corrected chi connectivity index (χ1v) is 14.7. The number of anilines is 1. The van der Waals surface area contributed by atoms with Gasteiger partial charge in [0.15, 0.2) is 0 Å². The summed E-state index contributed by atoms with van der Waals surface area (Å²) in [7, 11) is -0.531. The maximum absolute atomic E-state index is 13.2. The van der Waals surface area contributed by atoms with Crippen LogP contribution in [-0.4, -0.2) is 54.0 Å². The van der Waals surface area contributed by atoms with Gasteiger partial charge in [-0.2, -0.15) is 15.5 Å². The summed E-state index contributed by atoms with van der Waals surface area (Å²) in [4.78, 5) is 7.82. The maximum atomic E-state index is 13.2. The van der Waals surface area contributed by atoms with Crippen molar-refractivity contribution in [1.82, 2.24) is 24.4 Å². The third-order valence-corrected chi connectivity index (χ3v) is 9.00. The topological polar surface area (TPSA) is 104 Å². The minimum Gasteiger partial charge on any atom is -0.356 e. The number of hydrogen-bond donors (Lipinski definition) is 0. The number of piperidine rings is 1. The summed E-state index contributed by atoms with van der Waals surface area (Å²) in [5.41, 5.74) is 4.99. The van der Waals surface area contributed by atoms with E-state index in [2.05, 4.69) is 27.2 Å². The molecule has 4 aromatic heterocycles. The van der Waals surface area contributed by atoms with E-state index in [1.54, 1.807) is 21.6 Å². The minimum absolute atomic E-state index is 0.0630. The molecule has 0 spiro atoms. The summed E-state index contributed by atoms with van der Waals surface area (Å²) in [5, 5.41) is 18.4. The van der Waals surface area contributed by atoms with E-state index in [4.69, 9.17) is 9.35 Å². The van der Waals surface area contributed by atoms with Gasteiger partial charge >= 0.3 is 0 Å². The molecule has 1 aliphatic heterocycles. The van der Waals surface area contributed by atoms with Crippen LogP contribution < -0.4 is 4.90 Å². The highest BCUT2D eigenvalue weighted by Gasteiger charge is 2.22. The van der Waals surface area contributed by atoms with Crippen LogP contribution in [0.4, 0.5) is 5.82 Å². The summed E-state index contributed by atoms with van der Waals surface area (Å²) in [5.74, 6) is 0.894. The number of pyridine rings is 2. The number of nitrogens with zero attached hydrogens (tertiary/aromatic N) is 8. The fraction of sp³-hybridized carbons (Fsp3) is 0.241. The maximum Gasteiger partial charge on any atom is 0.128 e. The van der Waals surface area contributed by atoms with E-state index >= 15 is 0 Å². The first-order chi connectivity index (χ1) is 18.9. The van der Waals surface area contributed by atoms with Crippen molar-refractivity contribution >= 4 is 21.1 Å². The van der Waals surface area contributed by atoms with Gasteiger partial charge in [0, 0.05) is 72.1 Å². The van der Waals surface area contributed by atoms with Gasteiger partial charge in [-0.3, -0.25) is 4.68 Å². The van der Waals surface area contributed by atoms with E-state index in [1.807, 2.05) is 74.3 Å². The molecule has 1 atom stereocenters. The highest BCUT2D eigenvalue weighted by atomic mass is 32.2. The molecule has 0 N–H and O–H groups in total. The number of aryl methyl sites for hydroxylation is 1. The zero-order chi connectivity index (χ0) is 27.0. The van der Waals surface area contributed by atoms with E-state index in [0.29, 0.717) is 5.56 Å². The zero-order valence-electron chi connectivity index (χ0n) is 21.8. The number of aromatic nitrogens is 5. The van der Waals surface area contributed by atoms with Gasteiger partial charge in [0.25, 0.3) is 0 Å². The van der Waals surface area contributed by atoms with E-state index < -0.39 is 9.73 Å². The predicted octanol–water partition coefficient (Wildman–Crippen LogP) is 4.79. The van der Waals surface area contributed by atoms with Crippen molar-refractivity contribution in [2.24, 2.45) is 11.4 Å². The van der Waals surface area contributed by atoms with Crippen molar-refractivity contribution in [1.29, 1.82) is 5.26 Å². The average molecular weight is 537 g/mol. The molecule has 0 saturated carbocycles. The van der Waals surface area contributed by atoms with Gasteiger partial charge in [0.05, 0.1) is 39.2 Å². The van der Waals surface area contributed by atoms with Gasteiger partial charge in [0.2, 0.25) is 0 Å². The number of benzene rings is 1. The zero-order valence-corrected chi connectivity index (χ0v) is 22.6. The monoisotopic (exact) mass is 536 g/mol. The Morgan fingerprint density at radius 1 is 0.974 bits per heavy atom. The second-order valence-electron chi connectivity index (χ2n) is 9.85. The molecule has 1 fully saturated rings. The number of nitriles is 1. The van der Waals surface area contributed by atoms with Crippen LogP contribution in [0.1, 0.15) is 18.4 Å². The molecule has 5 aromatic rings. The molecule has 0 aliphatic carbocycles. The molecule has 6 rings (SSSR count). The van der Waals surface area contributed by atoms with Crippen LogP contribution in [0.25, 0.3) is 27.8 Å². The fourth-order valence-electron chi connectivity index (χ4n) is 5.10. The molecule has 1 saturated heterocycles. The van der Waals surface area contributed by atoms with Crippen molar-refractivity contribution < 1.29 is 4.21 Å². The Morgan fingerprint density at radius 2 is 1.77 bits per heavy atom. The van der Waals surface area contributed by atoms with Gasteiger partial charge in [-0.25, -0.2) is 18.1 Å². The summed E-state index contributed by atoms with van der Waals surface area (Å²) in [6.07, 6.45) is 12.5. The Labute approximate surface area is 227 Å². The van der Waals surface area contributed by atoms with Crippen molar-refractivity contribution in [2.45, 2.75) is 23.8 Å². The second-order valence-corrected chi connectivity index (χ2v) is 12.1. The molecular weight excluding hydrogens is 508 g/mol. The Balaban J connectivity index is 1.24. The SMILES string of the molecule is Cn1cc(-c2cc(-c3ccc(N4CCC(N=[S@](C)(=O)c5ccccc5)CC4)nc3)c3c(C#N)cnn3c2)cn1. The van der Waals surface area contributed by atoms with Crippen LogP contribution >= 0.6 is 0 Å². The third-order valence-electron chi connectivity index (χ3n) is 7.15. The molecule has 1 aromatic carbocycles. The Morgan fingerprint density at radius 3 is 2.44 bits per heavy atom. The molecule has 5 heterocycles. The summed E-state index contributed by atoms with van der Waals surface area (Å²) < 4.78 is 21.4. The van der Waals surface area contributed by atoms with Gasteiger partial charge in [-0.05, 0) is 43.2 Å². The average Bonchev–Trinajstić information content (AvgIpc) is 3.59. The van der Waals surface area contributed by atoms with E-state index in [0.717, 1.165) is 64.4 Å². The van der Waals surface area contributed by atoms with Gasteiger partial charge in [-0.1, -0.05) is 18.2 Å². The van der Waals surface area contributed by atoms with E-state index in [9.17, 15) is 9.47 Å². The lowest BCUT2D eigenvalue weighted by molar-refractivity contribution is 0.502. The molecule has 9 nitrogen and oxygen atoms in total. The molecule has 39 heavy (non-hydrogen) atoms. The summed E-state index contributed by atoms with van der Waals surface area (Å²) in [6, 6.07) is 18.0. The molecule has 0 unspecified atom stereocenters. The molecule has 0 amide bonds. The molecule has 0 bridgehead atoms. The van der Waals surface area contributed by atoms with Crippen molar-refractivity contribution in [3.63, 3.8) is 0 Å². The highest BCUT2D eigenvalue weighted by molar-refractivity contribution is 7.93. The van der Waals surface area contributed by atoms with Gasteiger partial charge in [0.1, 0.15) is 11.9 Å². The first kappa shape index (κ1) is 24.8. The van der Waals surface area contributed by atoms with Crippen LogP contribution in [0.5, 0.6) is 0 Å². The standard InChI is InChI=1S/C29H28N8OS/c1-35-19-24(18-32-35)22-14-27(29-23(15-30)17-33-37(29)20-22)21-8-9-28(31-16-21)36-12-10-25(11-13-36)34-39(2,38)26-6-4-3-5-7-26/h3-9,14,16-20,25H,10-13H2,1-2H3/t39-/m1/s1. The molecule has 196 valence electrons. The molecule has 1 aliphatic rings. The van der Waals surface area contributed by atoms with Crippen LogP contribution in [-0.2, 0) is 16.8 Å². The second kappa shape index (κ2) is 10.0. The van der Waals surface area contributed by atoms with E-state index in [1.165, 1.54) is 0 Å². The van der Waals surface area contributed by atoms with Gasteiger partial charge in [-0.15, -0.1) is 0 Å². The predicted molar refractivity (Wildman–Crippen MR) is 152 cm³/mol. The Bertz CT molecular complexity index is 1800. The quantitative estimate of drug-likeness (QED) is 0.320. The Hall–Kier alpha value is -4.49. The lowest BCUT2D eigenvalue weighted by Crippen LogP contribution is -2.36. The number of fused-ring (bicyclic) bond motifs is 1. The van der Waals surface area contributed by atoms with Crippen molar-refractivity contribution in [3.8, 4) is 28.3 Å². The third kappa shape index (κ3) is 4.89. The minimum atomic E-state index is -2.41. The first-order valence-electron chi connectivity index (χ1n) is 12.8. The normalized spacial score (nSPS) is 15.7. The van der Waals surface area contributed by atoms with Gasteiger partial charge < -0.3 is 4.90 Å². The van der Waals surface area contributed by atoms with Crippen molar-refractivity contribution in [2.75, 3.05) is 24.2 Å². The van der Waals surface area contributed by atoms with Crippen molar-refractivity contribution in [3.05, 3.63) is 85.1 Å². The van der Waals surface area contributed by atoms with Crippen LogP contribution in [0.3, 0.4) is 0 Å². The highest BCUT2D eigenvalue weighted by Crippen LogP contribution is 2.32. The number of hydrogen-bond acceptors (Lipinski definition) is 7. The summed E-state index contributed by atoms with van der Waals surface area (Å²) >= 11 is 0. The van der Waals surface area contributed by atoms with E-state index in [-0.39, 0.29) is 6.04 Å². The largest absolute Gasteiger partial charge is 0.356 e. The molecular formula is C29H28N8OS. The van der Waals surface area contributed by atoms with Crippen LogP contribution in [0.15, 0.2) is 88.8 Å².